The third kappa shape index (κ3) is 28.2. The molecule has 0 heterocycles. The maximum Gasteiger partial charge on any atom is 0.306 e. The lowest BCUT2D eigenvalue weighted by Crippen LogP contribution is -2.48. The van der Waals surface area contributed by atoms with E-state index in [2.05, 4.69) is 43.5 Å². The number of hydrogen-bond donors (Lipinski definition) is 7. The van der Waals surface area contributed by atoms with Gasteiger partial charge in [-0.15, -0.1) is 0 Å². The molecule has 4 aromatic carbocycles. The van der Waals surface area contributed by atoms with Gasteiger partial charge in [-0.05, 0) is 138 Å². The number of unbranched alkanes of at least 4 members (excludes halogenated alkanes) is 3. The van der Waals surface area contributed by atoms with Gasteiger partial charge >= 0.3 is 5.97 Å². The molecule has 90 heavy (non-hydrogen) atoms. The number of Topliss-reactive ketones (excluding diaryl/α,β-unsaturated/α-hetero) is 3. The number of nitrogens with zero attached hydrogens (tertiary/aromatic N) is 1. The quantitative estimate of drug-likeness (QED) is 0.00547. The van der Waals surface area contributed by atoms with Gasteiger partial charge in [-0.3, -0.25) is 43.3 Å². The molecule has 4 rings (SSSR count). The molecule has 19 nitrogen and oxygen atoms in total. The smallest absolute Gasteiger partial charge is 0.306 e. The van der Waals surface area contributed by atoms with Gasteiger partial charge in [-0.25, -0.2) is 0 Å². The van der Waals surface area contributed by atoms with Crippen LogP contribution in [0.5, 0.6) is 5.75 Å². The van der Waals surface area contributed by atoms with E-state index in [0.717, 1.165) is 40.3 Å². The van der Waals surface area contributed by atoms with Gasteiger partial charge in [0.25, 0.3) is 0 Å². The van der Waals surface area contributed by atoms with Crippen molar-refractivity contribution < 1.29 is 52.6 Å². The van der Waals surface area contributed by atoms with Crippen molar-refractivity contribution in [2.75, 3.05) is 40.3 Å². The molecule has 0 bridgehead atoms. The minimum absolute atomic E-state index is 0.0368. The van der Waals surface area contributed by atoms with E-state index in [1.165, 1.54) is 13.1 Å². The van der Waals surface area contributed by atoms with E-state index in [0.29, 0.717) is 63.5 Å². The number of guanidine groups is 1. The Kier molecular flexibility index (Phi) is 33.5. The predicted molar refractivity (Wildman–Crippen MR) is 353 cm³/mol. The molecule has 0 saturated heterocycles. The Balaban J connectivity index is 1.67. The second-order valence-electron chi connectivity index (χ2n) is 24.3. The average Bonchev–Trinajstić information content (AvgIpc) is 1.89. The van der Waals surface area contributed by atoms with E-state index in [1.807, 2.05) is 139 Å². The first-order valence-corrected chi connectivity index (χ1v) is 32.1. The van der Waals surface area contributed by atoms with Gasteiger partial charge in [0.2, 0.25) is 23.6 Å². The Morgan fingerprint density at radius 1 is 0.611 bits per heavy atom. The van der Waals surface area contributed by atoms with Crippen LogP contribution in [0.3, 0.4) is 0 Å². The van der Waals surface area contributed by atoms with Crippen LogP contribution in [0, 0.1) is 23.7 Å². The number of fused-ring (bicyclic) bond motifs is 1. The Hall–Kier alpha value is -8.06. The minimum atomic E-state index is -1.15. The molecule has 4 amide bonds. The van der Waals surface area contributed by atoms with E-state index >= 15 is 4.79 Å². The highest BCUT2D eigenvalue weighted by molar-refractivity contribution is 5.97. The Morgan fingerprint density at radius 3 is 1.89 bits per heavy atom. The Labute approximate surface area is 533 Å². The molecule has 7 atom stereocenters. The van der Waals surface area contributed by atoms with Crippen molar-refractivity contribution in [1.29, 1.82) is 0 Å². The number of benzene rings is 4. The topological polar surface area (TPSA) is 283 Å². The van der Waals surface area contributed by atoms with Crippen LogP contribution in [-0.4, -0.2) is 123 Å². The van der Waals surface area contributed by atoms with Crippen LogP contribution >= 0.6 is 0 Å². The van der Waals surface area contributed by atoms with Crippen LogP contribution < -0.4 is 42.4 Å². The lowest BCUT2D eigenvalue weighted by atomic mass is 9.88. The van der Waals surface area contributed by atoms with Gasteiger partial charge in [0.15, 0.2) is 23.3 Å². The highest BCUT2D eigenvalue weighted by Gasteiger charge is 2.34. The Morgan fingerprint density at radius 2 is 1.22 bits per heavy atom. The molecule has 0 unspecified atom stereocenters. The zero-order chi connectivity index (χ0) is 65.8. The molecule has 0 aliphatic heterocycles. The number of ketones is 3. The summed E-state index contributed by atoms with van der Waals surface area (Å²) in [6.07, 6.45) is 6.85. The van der Waals surface area contributed by atoms with E-state index in [1.54, 1.807) is 0 Å². The third-order valence-electron chi connectivity index (χ3n) is 15.7. The number of aliphatic imine (C=N–C) groups is 1. The maximum absolute atomic E-state index is 15.1. The van der Waals surface area contributed by atoms with Gasteiger partial charge in [-0.2, -0.15) is 0 Å². The molecule has 4 aromatic rings. The lowest BCUT2D eigenvalue weighted by Gasteiger charge is -2.26. The lowest BCUT2D eigenvalue weighted by molar-refractivity contribution is -0.143. The molecule has 0 aliphatic carbocycles. The molecule has 0 fully saturated rings. The van der Waals surface area contributed by atoms with Crippen molar-refractivity contribution in [1.82, 2.24) is 31.9 Å². The minimum Gasteiger partial charge on any atom is -0.488 e. The monoisotopic (exact) mass is 1240 g/mol. The van der Waals surface area contributed by atoms with Crippen molar-refractivity contribution in [2.24, 2.45) is 34.4 Å². The fourth-order valence-corrected chi connectivity index (χ4v) is 10.6. The fraction of sp³-hybridized carbons (Fsp3) is 0.521. The molecular formula is C71H100N8O11. The van der Waals surface area contributed by atoms with Crippen molar-refractivity contribution in [3.05, 3.63) is 126 Å². The summed E-state index contributed by atoms with van der Waals surface area (Å²) in [5.41, 5.74) is 8.01. The summed E-state index contributed by atoms with van der Waals surface area (Å²) < 4.78 is 11.2. The summed E-state index contributed by atoms with van der Waals surface area (Å²) in [7, 11) is 3.36. The molecule has 0 aliphatic rings. The van der Waals surface area contributed by atoms with Crippen molar-refractivity contribution >= 4 is 70.0 Å². The van der Waals surface area contributed by atoms with Gasteiger partial charge in [0, 0.05) is 62.9 Å². The van der Waals surface area contributed by atoms with Crippen molar-refractivity contribution in [3.8, 4) is 5.75 Å². The van der Waals surface area contributed by atoms with E-state index in [-0.39, 0.29) is 88.6 Å². The van der Waals surface area contributed by atoms with E-state index < -0.39 is 89.2 Å². The van der Waals surface area contributed by atoms with Crippen LogP contribution in [0.2, 0.25) is 0 Å². The molecule has 8 N–H and O–H groups in total. The molecule has 0 radical (unpaired) electrons. The fourth-order valence-electron chi connectivity index (χ4n) is 10.6. The predicted octanol–water partition coefficient (Wildman–Crippen LogP) is 8.36. The second-order valence-corrected chi connectivity index (χ2v) is 24.3. The first kappa shape index (κ1) is 74.4. The van der Waals surface area contributed by atoms with Crippen LogP contribution in [0.15, 0.2) is 115 Å². The number of carbonyl (C=O) groups excluding carboxylic acids is 9. The van der Waals surface area contributed by atoms with Crippen LogP contribution in [0.4, 0.5) is 0 Å². The summed E-state index contributed by atoms with van der Waals surface area (Å²) in [4.78, 5) is 130. The highest BCUT2D eigenvalue weighted by atomic mass is 16.5. The zero-order valence-corrected chi connectivity index (χ0v) is 54.2. The van der Waals surface area contributed by atoms with E-state index in [4.69, 9.17) is 15.2 Å². The number of ether oxygens (including phenoxy) is 2. The third-order valence-corrected chi connectivity index (χ3v) is 15.7. The number of aldehydes is 1. The molecule has 0 aromatic heterocycles. The molecule has 490 valence electrons. The number of rotatable bonds is 44. The summed E-state index contributed by atoms with van der Waals surface area (Å²) in [5, 5.41) is 19.6. The maximum atomic E-state index is 15.1. The Bertz CT molecular complexity index is 2960. The highest BCUT2D eigenvalue weighted by Crippen LogP contribution is 2.25. The zero-order valence-electron chi connectivity index (χ0n) is 54.2. The first-order chi connectivity index (χ1) is 43.2. The van der Waals surface area contributed by atoms with Crippen LogP contribution in [0.1, 0.15) is 148 Å². The largest absolute Gasteiger partial charge is 0.488 e. The van der Waals surface area contributed by atoms with Gasteiger partial charge in [-0.1, -0.05) is 137 Å². The summed E-state index contributed by atoms with van der Waals surface area (Å²) >= 11 is 0. The molecule has 19 heteroatoms. The number of hydrogen-bond acceptors (Lipinski definition) is 13. The van der Waals surface area contributed by atoms with Gasteiger partial charge in [0.05, 0.1) is 24.7 Å². The molecule has 0 saturated carbocycles. The standard InChI is InChI=1S/C71H100N8O11/c1-9-12-14-27-58(48-80)77-68(87)56(33-36-65(84)89-39-10-2)44-59(81)47-76-66(85)57(42-51-29-32-53-24-17-18-25-54(53)41-51)46-63(82)61(28-21-38-75-70(72)74-8)78-69(88)55(26-19-20-37-73-7)45-64(83)62(43-50-30-34-60(35-31-50)90-71(4,5)6)79-67(86)52(11-3)40-49-22-15-13-16-23-49/h10,13,15-18,22-25,29-32,34-35,41,48,52,55-58,61-62,73H,2,9,11-12,14,19-21,26-28,33,36-40,42-47H2,1,3-8H3,(H,76,85)(H,77,87)(H,78,88)(H,79,86)(H3,72,74,75)/t52-,55+,56-,57+,58-,61+,62-/m0/s1. The van der Waals surface area contributed by atoms with Gasteiger partial charge in [0.1, 0.15) is 24.2 Å². The number of esters is 1. The van der Waals surface area contributed by atoms with Crippen LogP contribution in [-0.2, 0) is 67.2 Å². The van der Waals surface area contributed by atoms with E-state index in [9.17, 15) is 38.4 Å². The van der Waals surface area contributed by atoms with Crippen molar-refractivity contribution in [2.45, 2.75) is 174 Å². The summed E-state index contributed by atoms with van der Waals surface area (Å²) in [6.45, 7) is 13.7. The molecular weight excluding hydrogens is 1140 g/mol. The summed E-state index contributed by atoms with van der Waals surface area (Å²) in [6, 6.07) is 27.5. The second kappa shape index (κ2) is 40.6. The van der Waals surface area contributed by atoms with Crippen molar-refractivity contribution in [3.63, 3.8) is 0 Å². The average molecular weight is 1240 g/mol. The van der Waals surface area contributed by atoms with Gasteiger partial charge < -0.3 is 51.9 Å². The molecule has 0 spiro atoms. The summed E-state index contributed by atoms with van der Waals surface area (Å²) in [5.74, 6) is -6.62. The van der Waals surface area contributed by atoms with Crippen LogP contribution in [0.25, 0.3) is 10.8 Å². The normalized spacial score (nSPS) is 13.9. The number of amides is 4. The number of nitrogens with two attached hydrogens (primary N) is 1. The number of carbonyl (C=O) groups is 9. The first-order valence-electron chi connectivity index (χ1n) is 32.1. The number of nitrogens with one attached hydrogen (secondary N) is 6. The SMILES string of the molecule is C=CCOC(=O)CC[C@@H](CC(=O)CNC(=O)[C@@H](CC(=O)[C@@H](CCCNC(N)=NC)NC(=O)[C@H](CCCCNC)CC(=O)[C@H](Cc1ccc(OC(C)(C)C)cc1)NC(=O)[C@@H](CC)Cc1ccccc1)Cc1ccc2ccccc2c1)C(=O)N[C@H](C=O)CCCCC.